The lowest BCUT2D eigenvalue weighted by atomic mass is 10.1. The van der Waals surface area contributed by atoms with Crippen LogP contribution in [0.15, 0.2) is 42.5 Å². The van der Waals surface area contributed by atoms with E-state index in [9.17, 15) is 9.59 Å². The molecule has 0 aliphatic heterocycles. The minimum Gasteiger partial charge on any atom is -0.465 e. The molecule has 0 bridgehead atoms. The Hall–Kier alpha value is -3.33. The molecule has 0 heterocycles. The molecular formula is C19H19N3O3. The predicted octanol–water partition coefficient (Wildman–Crippen LogP) is 2.90. The van der Waals surface area contributed by atoms with Crippen LogP contribution in [-0.4, -0.2) is 25.5 Å². The van der Waals surface area contributed by atoms with Crippen LogP contribution in [0.2, 0.25) is 0 Å². The Morgan fingerprint density at radius 2 is 1.88 bits per heavy atom. The van der Waals surface area contributed by atoms with Gasteiger partial charge in [-0.3, -0.25) is 4.79 Å². The number of hydrogen-bond acceptors (Lipinski definition) is 5. The molecule has 0 aromatic heterocycles. The van der Waals surface area contributed by atoms with Gasteiger partial charge in [0.15, 0.2) is 0 Å². The summed E-state index contributed by atoms with van der Waals surface area (Å²) in [6.07, 6.45) is 0.339. The van der Waals surface area contributed by atoms with Gasteiger partial charge in [-0.15, -0.1) is 0 Å². The van der Waals surface area contributed by atoms with Gasteiger partial charge in [0.25, 0.3) is 0 Å². The fourth-order valence-corrected chi connectivity index (χ4v) is 2.34. The molecule has 0 fully saturated rings. The second-order valence-corrected chi connectivity index (χ2v) is 5.40. The molecule has 25 heavy (non-hydrogen) atoms. The normalized spacial score (nSPS) is 9.80. The molecule has 0 unspecified atom stereocenters. The summed E-state index contributed by atoms with van der Waals surface area (Å²) in [6.45, 7) is 1.85. The molecule has 1 amide bonds. The molecule has 0 spiro atoms. The fourth-order valence-electron chi connectivity index (χ4n) is 2.34. The van der Waals surface area contributed by atoms with Crippen molar-refractivity contribution in [3.63, 3.8) is 0 Å². The predicted molar refractivity (Wildman–Crippen MR) is 95.4 cm³/mol. The lowest BCUT2D eigenvalue weighted by Gasteiger charge is -2.12. The Bertz CT molecular complexity index is 808. The molecule has 2 aromatic rings. The van der Waals surface area contributed by atoms with Crippen LogP contribution in [0.25, 0.3) is 0 Å². The van der Waals surface area contributed by atoms with Gasteiger partial charge in [0, 0.05) is 11.4 Å². The molecule has 2 aromatic carbocycles. The molecule has 0 aliphatic carbocycles. The maximum absolute atomic E-state index is 12.1. The number of rotatable bonds is 6. The maximum Gasteiger partial charge on any atom is 0.338 e. The smallest absolute Gasteiger partial charge is 0.338 e. The molecule has 6 nitrogen and oxygen atoms in total. The van der Waals surface area contributed by atoms with Crippen molar-refractivity contribution in [3.8, 4) is 6.07 Å². The fraction of sp³-hybridized carbons (Fsp3) is 0.211. The number of nitrogens with one attached hydrogen (secondary N) is 2. The minimum atomic E-state index is -0.414. The number of carbonyl (C=O) groups is 2. The van der Waals surface area contributed by atoms with Gasteiger partial charge < -0.3 is 15.4 Å². The summed E-state index contributed by atoms with van der Waals surface area (Å²) in [7, 11) is 1.33. The topological polar surface area (TPSA) is 91.2 Å². The summed E-state index contributed by atoms with van der Waals surface area (Å²) >= 11 is 0. The lowest BCUT2D eigenvalue weighted by Crippen LogP contribution is -2.22. The number of amides is 1. The SMILES string of the molecule is COC(=O)c1cccc(NCC(=O)Nc2ccc(CC#N)cc2)c1C. The number of benzene rings is 2. The van der Waals surface area contributed by atoms with E-state index in [1.54, 1.807) is 49.4 Å². The quantitative estimate of drug-likeness (QED) is 0.791. The number of methoxy groups -OCH3 is 1. The third kappa shape index (κ3) is 4.82. The van der Waals surface area contributed by atoms with Crippen LogP contribution in [0.4, 0.5) is 11.4 Å². The van der Waals surface area contributed by atoms with Crippen molar-refractivity contribution in [3.05, 3.63) is 59.2 Å². The van der Waals surface area contributed by atoms with Gasteiger partial charge in [0.2, 0.25) is 5.91 Å². The first-order valence-corrected chi connectivity index (χ1v) is 7.72. The summed E-state index contributed by atoms with van der Waals surface area (Å²) in [5, 5.41) is 14.4. The highest BCUT2D eigenvalue weighted by Gasteiger charge is 2.12. The zero-order chi connectivity index (χ0) is 18.2. The van der Waals surface area contributed by atoms with Gasteiger partial charge in [-0.1, -0.05) is 18.2 Å². The summed E-state index contributed by atoms with van der Waals surface area (Å²) in [4.78, 5) is 23.8. The van der Waals surface area contributed by atoms with E-state index >= 15 is 0 Å². The first kappa shape index (κ1) is 18.0. The Kier molecular flexibility index (Phi) is 6.13. The molecule has 0 saturated carbocycles. The summed E-state index contributed by atoms with van der Waals surface area (Å²) in [6, 6.07) is 14.4. The zero-order valence-corrected chi connectivity index (χ0v) is 14.1. The summed E-state index contributed by atoms with van der Waals surface area (Å²) in [5.74, 6) is -0.626. The van der Waals surface area contributed by atoms with Crippen LogP contribution in [0.1, 0.15) is 21.5 Å². The number of ether oxygens (including phenoxy) is 1. The number of carbonyl (C=O) groups excluding carboxylic acids is 2. The highest BCUT2D eigenvalue weighted by atomic mass is 16.5. The van der Waals surface area contributed by atoms with Crippen LogP contribution < -0.4 is 10.6 Å². The largest absolute Gasteiger partial charge is 0.465 e. The number of anilines is 2. The van der Waals surface area contributed by atoms with Gasteiger partial charge in [-0.25, -0.2) is 4.79 Å². The van der Waals surface area contributed by atoms with Crippen molar-refractivity contribution in [2.75, 3.05) is 24.3 Å². The Labute approximate surface area is 146 Å². The van der Waals surface area contributed by atoms with Crippen molar-refractivity contribution < 1.29 is 14.3 Å². The first-order chi connectivity index (χ1) is 12.0. The number of hydrogen-bond donors (Lipinski definition) is 2. The van der Waals surface area contributed by atoms with Crippen LogP contribution >= 0.6 is 0 Å². The van der Waals surface area contributed by atoms with E-state index in [0.717, 1.165) is 11.1 Å². The molecule has 0 atom stereocenters. The molecular weight excluding hydrogens is 318 g/mol. The van der Waals surface area contributed by atoms with Gasteiger partial charge in [0.1, 0.15) is 0 Å². The van der Waals surface area contributed by atoms with E-state index in [2.05, 4.69) is 16.7 Å². The van der Waals surface area contributed by atoms with Crippen LogP contribution in [0.3, 0.4) is 0 Å². The Balaban J connectivity index is 1.96. The Morgan fingerprint density at radius 1 is 1.16 bits per heavy atom. The van der Waals surface area contributed by atoms with E-state index in [4.69, 9.17) is 10.00 Å². The average Bonchev–Trinajstić information content (AvgIpc) is 2.62. The molecule has 6 heteroatoms. The van der Waals surface area contributed by atoms with Crippen LogP contribution in [0.5, 0.6) is 0 Å². The zero-order valence-electron chi connectivity index (χ0n) is 14.1. The molecule has 0 radical (unpaired) electrons. The first-order valence-electron chi connectivity index (χ1n) is 7.72. The second-order valence-electron chi connectivity index (χ2n) is 5.40. The number of nitrogens with zero attached hydrogens (tertiary/aromatic N) is 1. The molecule has 0 aliphatic rings. The maximum atomic E-state index is 12.1. The lowest BCUT2D eigenvalue weighted by molar-refractivity contribution is -0.114. The van der Waals surface area contributed by atoms with Gasteiger partial charge in [-0.2, -0.15) is 5.26 Å². The van der Waals surface area contributed by atoms with Crippen molar-refractivity contribution in [1.29, 1.82) is 5.26 Å². The molecule has 2 N–H and O–H groups in total. The second kappa shape index (κ2) is 8.50. The van der Waals surface area contributed by atoms with E-state index in [0.29, 0.717) is 23.4 Å². The highest BCUT2D eigenvalue weighted by molar-refractivity contribution is 5.95. The third-order valence-corrected chi connectivity index (χ3v) is 3.70. The third-order valence-electron chi connectivity index (χ3n) is 3.70. The summed E-state index contributed by atoms with van der Waals surface area (Å²) < 4.78 is 4.74. The molecule has 128 valence electrons. The monoisotopic (exact) mass is 337 g/mol. The highest BCUT2D eigenvalue weighted by Crippen LogP contribution is 2.19. The number of esters is 1. The van der Waals surface area contributed by atoms with E-state index in [1.165, 1.54) is 7.11 Å². The minimum absolute atomic E-state index is 0.0609. The van der Waals surface area contributed by atoms with Gasteiger partial charge in [0.05, 0.1) is 31.7 Å². The van der Waals surface area contributed by atoms with Crippen molar-refractivity contribution in [2.24, 2.45) is 0 Å². The van der Waals surface area contributed by atoms with Gasteiger partial charge >= 0.3 is 5.97 Å². The molecule has 2 rings (SSSR count). The standard InChI is InChI=1S/C19H19N3O3/c1-13-16(19(24)25-2)4-3-5-17(13)21-12-18(23)22-15-8-6-14(7-9-15)10-11-20/h3-9,21H,10,12H2,1-2H3,(H,22,23). The van der Waals surface area contributed by atoms with E-state index in [-0.39, 0.29) is 12.5 Å². The van der Waals surface area contributed by atoms with Crippen LogP contribution in [0, 0.1) is 18.3 Å². The van der Waals surface area contributed by atoms with Gasteiger partial charge in [-0.05, 0) is 42.3 Å². The van der Waals surface area contributed by atoms with Crippen molar-refractivity contribution >= 4 is 23.3 Å². The van der Waals surface area contributed by atoms with E-state index < -0.39 is 5.97 Å². The van der Waals surface area contributed by atoms with Crippen molar-refractivity contribution in [1.82, 2.24) is 0 Å². The van der Waals surface area contributed by atoms with Crippen molar-refractivity contribution in [2.45, 2.75) is 13.3 Å². The number of nitriles is 1. The average molecular weight is 337 g/mol. The van der Waals surface area contributed by atoms with Crippen LogP contribution in [-0.2, 0) is 16.0 Å². The molecule has 0 saturated heterocycles. The summed E-state index contributed by atoms with van der Waals surface area (Å²) in [5.41, 5.74) is 3.44. The van der Waals surface area contributed by atoms with E-state index in [1.807, 2.05) is 0 Å². The Morgan fingerprint density at radius 3 is 2.52 bits per heavy atom.